The molecule has 1 atom stereocenters. The van der Waals surface area contributed by atoms with Gasteiger partial charge in [0.15, 0.2) is 0 Å². The van der Waals surface area contributed by atoms with Gasteiger partial charge in [0.25, 0.3) is 0 Å². The lowest BCUT2D eigenvalue weighted by atomic mass is 10.1. The fourth-order valence-corrected chi connectivity index (χ4v) is 1.43. The van der Waals surface area contributed by atoms with Crippen LogP contribution < -0.4 is 0 Å². The van der Waals surface area contributed by atoms with Crippen LogP contribution in [0.25, 0.3) is 0 Å². The predicted molar refractivity (Wildman–Crippen MR) is 42.5 cm³/mol. The average molecular weight is 157 g/mol. The third-order valence-electron chi connectivity index (χ3n) is 1.98. The lowest BCUT2D eigenvalue weighted by Gasteiger charge is -2.28. The second kappa shape index (κ2) is 4.46. The molecule has 0 amide bonds. The van der Waals surface area contributed by atoms with Crippen LogP contribution >= 0.6 is 0 Å². The van der Waals surface area contributed by atoms with Crippen LogP contribution in [0, 0.1) is 0 Å². The monoisotopic (exact) mass is 157 g/mol. The molecule has 0 N–H and O–H groups in total. The van der Waals surface area contributed by atoms with E-state index in [1.165, 1.54) is 6.42 Å². The number of likely N-dealkylation sites (tertiary alicyclic amines) is 1. The number of carbonyl (C=O) groups is 1. The molecular weight excluding hydrogens is 142 g/mol. The minimum absolute atomic E-state index is 0.249. The van der Waals surface area contributed by atoms with Gasteiger partial charge >= 0.3 is 0 Å². The summed E-state index contributed by atoms with van der Waals surface area (Å²) in [6.07, 6.45) is 3.37. The van der Waals surface area contributed by atoms with Crippen molar-refractivity contribution in [2.75, 3.05) is 26.7 Å². The number of piperidine rings is 1. The Bertz CT molecular complexity index is 127. The number of carbonyl (C=O) groups excluding carboxylic acids is 1. The molecule has 1 rings (SSSR count). The Morgan fingerprint density at radius 2 is 2.55 bits per heavy atom. The van der Waals surface area contributed by atoms with Crippen molar-refractivity contribution in [1.29, 1.82) is 0 Å². The molecule has 1 heterocycles. The minimum atomic E-state index is 0.249. The van der Waals surface area contributed by atoms with Gasteiger partial charge in [0.1, 0.15) is 12.9 Å². The maximum Gasteiger partial charge on any atom is 0.145 e. The highest BCUT2D eigenvalue weighted by Gasteiger charge is 2.16. The number of rotatable bonds is 3. The lowest BCUT2D eigenvalue weighted by molar-refractivity contribution is -0.114. The zero-order valence-electron chi connectivity index (χ0n) is 6.95. The molecule has 0 aromatic rings. The molecule has 0 radical (unpaired) electrons. The van der Waals surface area contributed by atoms with Crippen molar-refractivity contribution in [2.45, 2.75) is 18.9 Å². The van der Waals surface area contributed by atoms with Gasteiger partial charge in [0, 0.05) is 6.54 Å². The molecule has 1 saturated heterocycles. The van der Waals surface area contributed by atoms with Crippen LogP contribution in [0.5, 0.6) is 0 Å². The molecule has 0 aliphatic carbocycles. The van der Waals surface area contributed by atoms with Crippen LogP contribution in [-0.2, 0) is 9.53 Å². The van der Waals surface area contributed by atoms with Crippen molar-refractivity contribution >= 4 is 6.29 Å². The standard InChI is InChI=1S/C8H15NO2/c1-9-4-2-3-8(7-9)11-6-5-10/h5,8H,2-4,6-7H2,1H3. The van der Waals surface area contributed by atoms with Crippen LogP contribution in [0.4, 0.5) is 0 Å². The second-order valence-electron chi connectivity index (χ2n) is 3.03. The largest absolute Gasteiger partial charge is 0.369 e. The highest BCUT2D eigenvalue weighted by molar-refractivity contribution is 5.50. The summed E-state index contributed by atoms with van der Waals surface area (Å²) in [6.45, 7) is 2.37. The van der Waals surface area contributed by atoms with Gasteiger partial charge in [-0.15, -0.1) is 0 Å². The molecule has 1 aliphatic heterocycles. The number of ether oxygens (including phenoxy) is 1. The molecule has 3 nitrogen and oxygen atoms in total. The quantitative estimate of drug-likeness (QED) is 0.552. The molecule has 1 fully saturated rings. The summed E-state index contributed by atoms with van der Waals surface area (Å²) in [6, 6.07) is 0. The molecule has 11 heavy (non-hydrogen) atoms. The molecule has 0 aromatic carbocycles. The summed E-state index contributed by atoms with van der Waals surface area (Å²) in [5.74, 6) is 0. The molecule has 0 spiro atoms. The third-order valence-corrected chi connectivity index (χ3v) is 1.98. The van der Waals surface area contributed by atoms with Gasteiger partial charge in [-0.2, -0.15) is 0 Å². The van der Waals surface area contributed by atoms with Gasteiger partial charge in [-0.25, -0.2) is 0 Å². The highest BCUT2D eigenvalue weighted by atomic mass is 16.5. The van der Waals surface area contributed by atoms with Crippen molar-refractivity contribution in [3.63, 3.8) is 0 Å². The molecular formula is C8H15NO2. The van der Waals surface area contributed by atoms with Crippen molar-refractivity contribution < 1.29 is 9.53 Å². The Labute approximate surface area is 67.3 Å². The number of aldehydes is 1. The van der Waals surface area contributed by atoms with Crippen molar-refractivity contribution in [3.8, 4) is 0 Å². The van der Waals surface area contributed by atoms with E-state index >= 15 is 0 Å². The zero-order chi connectivity index (χ0) is 8.10. The van der Waals surface area contributed by atoms with Crippen LogP contribution in [0.1, 0.15) is 12.8 Å². The number of hydrogen-bond donors (Lipinski definition) is 0. The van der Waals surface area contributed by atoms with E-state index in [0.29, 0.717) is 0 Å². The first-order valence-electron chi connectivity index (χ1n) is 4.06. The molecule has 0 aromatic heterocycles. The van der Waals surface area contributed by atoms with Crippen LogP contribution in [0.2, 0.25) is 0 Å². The molecule has 0 saturated carbocycles. The van der Waals surface area contributed by atoms with Crippen molar-refractivity contribution in [2.24, 2.45) is 0 Å². The fourth-order valence-electron chi connectivity index (χ4n) is 1.43. The summed E-state index contributed by atoms with van der Waals surface area (Å²) < 4.78 is 5.29. The van der Waals surface area contributed by atoms with E-state index in [4.69, 9.17) is 4.74 Å². The van der Waals surface area contributed by atoms with E-state index in [-0.39, 0.29) is 12.7 Å². The average Bonchev–Trinajstić information content (AvgIpc) is 2.01. The van der Waals surface area contributed by atoms with Gasteiger partial charge in [-0.1, -0.05) is 0 Å². The van der Waals surface area contributed by atoms with E-state index in [1.54, 1.807) is 0 Å². The Kier molecular flexibility index (Phi) is 3.52. The molecule has 1 unspecified atom stereocenters. The first kappa shape index (κ1) is 8.68. The van der Waals surface area contributed by atoms with Gasteiger partial charge < -0.3 is 14.4 Å². The zero-order valence-corrected chi connectivity index (χ0v) is 6.95. The summed E-state index contributed by atoms with van der Waals surface area (Å²) >= 11 is 0. The van der Waals surface area contributed by atoms with E-state index in [0.717, 1.165) is 25.8 Å². The first-order chi connectivity index (χ1) is 5.33. The molecule has 3 heteroatoms. The Morgan fingerprint density at radius 3 is 3.18 bits per heavy atom. The SMILES string of the molecule is CN1CCCC(OCC=O)C1. The van der Waals surface area contributed by atoms with Gasteiger partial charge in [-0.3, -0.25) is 0 Å². The summed E-state index contributed by atoms with van der Waals surface area (Å²) in [4.78, 5) is 12.2. The molecule has 1 aliphatic rings. The van der Waals surface area contributed by atoms with Crippen molar-refractivity contribution in [3.05, 3.63) is 0 Å². The normalized spacial score (nSPS) is 26.8. The van der Waals surface area contributed by atoms with E-state index < -0.39 is 0 Å². The Morgan fingerprint density at radius 1 is 1.73 bits per heavy atom. The maximum atomic E-state index is 9.99. The van der Waals surface area contributed by atoms with Gasteiger partial charge in [0.2, 0.25) is 0 Å². The fraction of sp³-hybridized carbons (Fsp3) is 0.875. The van der Waals surface area contributed by atoms with Gasteiger partial charge in [0.05, 0.1) is 6.10 Å². The molecule has 64 valence electrons. The number of hydrogen-bond acceptors (Lipinski definition) is 3. The Hall–Kier alpha value is -0.410. The van der Waals surface area contributed by atoms with Crippen LogP contribution in [0.3, 0.4) is 0 Å². The van der Waals surface area contributed by atoms with E-state index in [2.05, 4.69) is 11.9 Å². The first-order valence-corrected chi connectivity index (χ1v) is 4.06. The number of nitrogens with zero attached hydrogens (tertiary/aromatic N) is 1. The second-order valence-corrected chi connectivity index (χ2v) is 3.03. The summed E-state index contributed by atoms with van der Waals surface area (Å²) in [5, 5.41) is 0. The Balaban J connectivity index is 2.17. The predicted octanol–water partition coefficient (Wildman–Crippen LogP) is 0.296. The maximum absolute atomic E-state index is 9.99. The summed E-state index contributed by atoms with van der Waals surface area (Å²) in [5.41, 5.74) is 0. The molecule has 0 bridgehead atoms. The highest BCUT2D eigenvalue weighted by Crippen LogP contribution is 2.10. The summed E-state index contributed by atoms with van der Waals surface area (Å²) in [7, 11) is 2.08. The third kappa shape index (κ3) is 2.99. The smallest absolute Gasteiger partial charge is 0.145 e. The van der Waals surface area contributed by atoms with Crippen LogP contribution in [-0.4, -0.2) is 44.0 Å². The van der Waals surface area contributed by atoms with Crippen molar-refractivity contribution in [1.82, 2.24) is 4.90 Å². The van der Waals surface area contributed by atoms with Gasteiger partial charge in [-0.05, 0) is 26.4 Å². The van der Waals surface area contributed by atoms with E-state index in [9.17, 15) is 4.79 Å². The lowest BCUT2D eigenvalue weighted by Crippen LogP contribution is -2.37. The topological polar surface area (TPSA) is 29.5 Å². The van der Waals surface area contributed by atoms with Crippen LogP contribution in [0.15, 0.2) is 0 Å². The number of likely N-dealkylation sites (N-methyl/N-ethyl adjacent to an activating group) is 1. The minimum Gasteiger partial charge on any atom is -0.369 e. The van der Waals surface area contributed by atoms with E-state index in [1.807, 2.05) is 0 Å².